The predicted octanol–water partition coefficient (Wildman–Crippen LogP) is 5.34. The molecule has 0 bridgehead atoms. The van der Waals surface area contributed by atoms with Crippen molar-refractivity contribution in [3.63, 3.8) is 0 Å². The molecule has 0 atom stereocenters. The van der Waals surface area contributed by atoms with E-state index in [2.05, 4.69) is 11.1 Å². The summed E-state index contributed by atoms with van der Waals surface area (Å²) in [5.74, 6) is 1.25. The summed E-state index contributed by atoms with van der Waals surface area (Å²) in [7, 11) is 1.81. The molecule has 1 aromatic heterocycles. The average molecular weight is 445 g/mol. The number of aryl methyl sites for hydroxylation is 1. The first-order valence-corrected chi connectivity index (χ1v) is 11.1. The number of hydrogen-bond acceptors (Lipinski definition) is 3. The third-order valence-corrected chi connectivity index (χ3v) is 5.99. The lowest BCUT2D eigenvalue weighted by Gasteiger charge is -2.21. The highest BCUT2D eigenvalue weighted by molar-refractivity contribution is 5.91. The molecule has 0 spiro atoms. The fraction of sp³-hybridized carbons (Fsp3) is 0.222. The van der Waals surface area contributed by atoms with Crippen molar-refractivity contribution < 1.29 is 18.7 Å². The Morgan fingerprint density at radius 3 is 2.58 bits per heavy atom. The van der Waals surface area contributed by atoms with Gasteiger partial charge in [0.2, 0.25) is 5.91 Å². The number of carbonyl (C=O) groups is 1. The van der Waals surface area contributed by atoms with E-state index >= 15 is 0 Å². The van der Waals surface area contributed by atoms with Crippen molar-refractivity contribution in [1.29, 1.82) is 0 Å². The van der Waals surface area contributed by atoms with Gasteiger partial charge in [-0.1, -0.05) is 24.3 Å². The minimum atomic E-state index is -0.271. The van der Waals surface area contributed by atoms with E-state index < -0.39 is 0 Å². The molecule has 0 fully saturated rings. The van der Waals surface area contributed by atoms with Gasteiger partial charge in [0.25, 0.3) is 0 Å². The van der Waals surface area contributed by atoms with Crippen molar-refractivity contribution in [2.24, 2.45) is 0 Å². The molecule has 6 heteroatoms. The Labute approximate surface area is 191 Å². The molecule has 0 aliphatic carbocycles. The lowest BCUT2D eigenvalue weighted by Crippen LogP contribution is -2.26. The number of aromatic nitrogens is 1. The zero-order valence-corrected chi connectivity index (χ0v) is 18.4. The molecule has 168 valence electrons. The number of fused-ring (bicyclic) bond motifs is 2. The Bertz CT molecular complexity index is 1300. The van der Waals surface area contributed by atoms with Crippen LogP contribution in [0.5, 0.6) is 11.5 Å². The SMILES string of the molecule is CN(Cc1ccc2c(c1)OCCO2)C(=O)CCc1c(-c2ccc(F)cc2)[nH]c2ccccc12. The molecule has 0 unspecified atom stereocenters. The quantitative estimate of drug-likeness (QED) is 0.437. The number of ether oxygens (including phenoxy) is 2. The Morgan fingerprint density at radius 1 is 1.00 bits per heavy atom. The first-order valence-electron chi connectivity index (χ1n) is 11.1. The van der Waals surface area contributed by atoms with Gasteiger partial charge in [0.15, 0.2) is 11.5 Å². The van der Waals surface area contributed by atoms with Gasteiger partial charge in [-0.3, -0.25) is 4.79 Å². The van der Waals surface area contributed by atoms with Gasteiger partial charge in [0.1, 0.15) is 19.0 Å². The number of H-pyrrole nitrogens is 1. The topological polar surface area (TPSA) is 54.6 Å². The molecule has 1 amide bonds. The van der Waals surface area contributed by atoms with Crippen molar-refractivity contribution >= 4 is 16.8 Å². The van der Waals surface area contributed by atoms with Crippen molar-refractivity contribution in [1.82, 2.24) is 9.88 Å². The molecule has 1 aliphatic heterocycles. The summed E-state index contributed by atoms with van der Waals surface area (Å²) in [5.41, 5.74) is 4.90. The molecule has 3 aromatic carbocycles. The van der Waals surface area contributed by atoms with Gasteiger partial charge in [-0.2, -0.15) is 0 Å². The van der Waals surface area contributed by atoms with Crippen LogP contribution in [0.4, 0.5) is 4.39 Å². The molecule has 0 saturated carbocycles. The van der Waals surface area contributed by atoms with Gasteiger partial charge >= 0.3 is 0 Å². The fourth-order valence-corrected chi connectivity index (χ4v) is 4.29. The summed E-state index contributed by atoms with van der Waals surface area (Å²) in [6.07, 6.45) is 0.956. The fourth-order valence-electron chi connectivity index (χ4n) is 4.29. The molecule has 5 nitrogen and oxygen atoms in total. The van der Waals surface area contributed by atoms with Crippen LogP contribution in [0.25, 0.3) is 22.2 Å². The maximum Gasteiger partial charge on any atom is 0.222 e. The summed E-state index contributed by atoms with van der Waals surface area (Å²) in [6, 6.07) is 20.3. The van der Waals surface area contributed by atoms with Gasteiger partial charge < -0.3 is 19.4 Å². The smallest absolute Gasteiger partial charge is 0.222 e. The second kappa shape index (κ2) is 8.98. The number of carbonyl (C=O) groups excluding carboxylic acids is 1. The molecule has 33 heavy (non-hydrogen) atoms. The summed E-state index contributed by atoms with van der Waals surface area (Å²) in [4.78, 5) is 18.2. The van der Waals surface area contributed by atoms with Crippen LogP contribution in [-0.4, -0.2) is 36.1 Å². The molecule has 2 heterocycles. The summed E-state index contributed by atoms with van der Waals surface area (Å²) in [5, 5.41) is 1.08. The van der Waals surface area contributed by atoms with Crippen LogP contribution in [0, 0.1) is 5.82 Å². The number of benzene rings is 3. The van der Waals surface area contributed by atoms with Crippen LogP contribution in [0.3, 0.4) is 0 Å². The number of para-hydroxylation sites is 1. The van der Waals surface area contributed by atoms with Crippen LogP contribution in [-0.2, 0) is 17.8 Å². The minimum Gasteiger partial charge on any atom is -0.486 e. The molecule has 0 radical (unpaired) electrons. The van der Waals surface area contributed by atoms with Crippen LogP contribution < -0.4 is 9.47 Å². The Hall–Kier alpha value is -3.80. The van der Waals surface area contributed by atoms with Crippen LogP contribution in [0.1, 0.15) is 17.5 Å². The molecule has 1 N–H and O–H groups in total. The lowest BCUT2D eigenvalue weighted by molar-refractivity contribution is -0.130. The Kier molecular flexibility index (Phi) is 5.73. The van der Waals surface area contributed by atoms with E-state index in [0.29, 0.717) is 32.6 Å². The average Bonchev–Trinajstić information content (AvgIpc) is 3.21. The molecule has 1 aliphatic rings. The number of hydrogen-bond donors (Lipinski definition) is 1. The first kappa shape index (κ1) is 21.1. The van der Waals surface area contributed by atoms with Crippen molar-refractivity contribution in [2.45, 2.75) is 19.4 Å². The van der Waals surface area contributed by atoms with E-state index in [-0.39, 0.29) is 11.7 Å². The molecule has 0 saturated heterocycles. The number of amides is 1. The van der Waals surface area contributed by atoms with Gasteiger partial charge in [-0.15, -0.1) is 0 Å². The van der Waals surface area contributed by atoms with E-state index in [0.717, 1.165) is 44.8 Å². The largest absolute Gasteiger partial charge is 0.486 e. The zero-order chi connectivity index (χ0) is 22.8. The summed E-state index contributed by atoms with van der Waals surface area (Å²) in [6.45, 7) is 1.58. The molecule has 5 rings (SSSR count). The lowest BCUT2D eigenvalue weighted by atomic mass is 10.0. The van der Waals surface area contributed by atoms with Crippen molar-refractivity contribution in [3.05, 3.63) is 83.7 Å². The number of nitrogens with one attached hydrogen (secondary N) is 1. The second-order valence-electron chi connectivity index (χ2n) is 8.26. The van der Waals surface area contributed by atoms with Crippen LogP contribution in [0.2, 0.25) is 0 Å². The molecular formula is C27H25FN2O3. The van der Waals surface area contributed by atoms with E-state index in [9.17, 15) is 9.18 Å². The predicted molar refractivity (Wildman–Crippen MR) is 126 cm³/mol. The van der Waals surface area contributed by atoms with Crippen molar-refractivity contribution in [2.75, 3.05) is 20.3 Å². The summed E-state index contributed by atoms with van der Waals surface area (Å²) < 4.78 is 24.7. The van der Waals surface area contributed by atoms with Gasteiger partial charge in [0, 0.05) is 36.6 Å². The van der Waals surface area contributed by atoms with Gasteiger partial charge in [0.05, 0.1) is 0 Å². The third kappa shape index (κ3) is 4.42. The van der Waals surface area contributed by atoms with Gasteiger partial charge in [-0.25, -0.2) is 4.39 Å². The van der Waals surface area contributed by atoms with Crippen LogP contribution in [0.15, 0.2) is 66.7 Å². The van der Waals surface area contributed by atoms with E-state index in [1.165, 1.54) is 12.1 Å². The normalized spacial score (nSPS) is 12.7. The third-order valence-electron chi connectivity index (χ3n) is 5.99. The maximum atomic E-state index is 13.4. The summed E-state index contributed by atoms with van der Waals surface area (Å²) >= 11 is 0. The number of rotatable bonds is 6. The Balaban J connectivity index is 1.32. The number of aromatic amines is 1. The van der Waals surface area contributed by atoms with E-state index in [1.54, 1.807) is 17.0 Å². The van der Waals surface area contributed by atoms with E-state index in [1.807, 2.05) is 43.4 Å². The number of nitrogens with zero attached hydrogens (tertiary/aromatic N) is 1. The molecular weight excluding hydrogens is 419 g/mol. The van der Waals surface area contributed by atoms with Gasteiger partial charge in [-0.05, 0) is 65.6 Å². The Morgan fingerprint density at radius 2 is 1.76 bits per heavy atom. The van der Waals surface area contributed by atoms with Crippen LogP contribution >= 0.6 is 0 Å². The second-order valence-corrected chi connectivity index (χ2v) is 8.26. The maximum absolute atomic E-state index is 13.4. The van der Waals surface area contributed by atoms with E-state index in [4.69, 9.17) is 9.47 Å². The minimum absolute atomic E-state index is 0.0558. The zero-order valence-electron chi connectivity index (χ0n) is 18.4. The molecule has 4 aromatic rings. The number of halogens is 1. The highest BCUT2D eigenvalue weighted by atomic mass is 19.1. The highest BCUT2D eigenvalue weighted by Crippen LogP contribution is 2.33. The monoisotopic (exact) mass is 444 g/mol. The highest BCUT2D eigenvalue weighted by Gasteiger charge is 2.17. The standard InChI is InChI=1S/C27H25FN2O3/c1-30(17-18-6-12-24-25(16-18)33-15-14-32-24)26(31)13-11-22-21-4-2-3-5-23(21)29-27(22)19-7-9-20(28)10-8-19/h2-10,12,16,29H,11,13-15,17H2,1H3. The van der Waals surface area contributed by atoms with Crippen molar-refractivity contribution in [3.8, 4) is 22.8 Å². The first-order chi connectivity index (χ1) is 16.1.